The van der Waals surface area contributed by atoms with Crippen molar-refractivity contribution in [3.8, 4) is 11.5 Å². The third-order valence-electron chi connectivity index (χ3n) is 3.73. The summed E-state index contributed by atoms with van der Waals surface area (Å²) in [4.78, 5) is -0.117. The monoisotopic (exact) mass is 430 g/mol. The SMILES string of the molecule is COc1ccc(S(=O)(=O)NCCNS(=O)(=O)c2ccc(OC)c(N)c2)cc1N. The van der Waals surface area contributed by atoms with Gasteiger partial charge in [-0.3, -0.25) is 0 Å². The summed E-state index contributed by atoms with van der Waals surface area (Å²) < 4.78 is 63.7. The van der Waals surface area contributed by atoms with Crippen molar-refractivity contribution in [2.24, 2.45) is 0 Å². The normalized spacial score (nSPS) is 11.9. The zero-order chi connectivity index (χ0) is 20.9. The fourth-order valence-electron chi connectivity index (χ4n) is 2.30. The molecule has 6 N–H and O–H groups in total. The molecule has 0 atom stereocenters. The van der Waals surface area contributed by atoms with Crippen LogP contribution in [0.5, 0.6) is 11.5 Å². The zero-order valence-corrected chi connectivity index (χ0v) is 16.9. The second-order valence-corrected chi connectivity index (χ2v) is 9.14. The van der Waals surface area contributed by atoms with Crippen LogP contribution in [0.1, 0.15) is 0 Å². The molecule has 0 heterocycles. The van der Waals surface area contributed by atoms with Gasteiger partial charge in [0.1, 0.15) is 11.5 Å². The topological polar surface area (TPSA) is 163 Å². The Labute approximate surface area is 163 Å². The lowest BCUT2D eigenvalue weighted by molar-refractivity contribution is 0.416. The first-order valence-corrected chi connectivity index (χ1v) is 10.9. The summed E-state index contributed by atoms with van der Waals surface area (Å²) in [5.74, 6) is 0.705. The number of anilines is 2. The molecule has 10 nitrogen and oxygen atoms in total. The van der Waals surface area contributed by atoms with Gasteiger partial charge in [-0.05, 0) is 36.4 Å². The molecule has 0 aromatic heterocycles. The van der Waals surface area contributed by atoms with Crippen molar-refractivity contribution in [1.29, 1.82) is 0 Å². The third-order valence-corrected chi connectivity index (χ3v) is 6.65. The number of sulfonamides is 2. The van der Waals surface area contributed by atoms with Gasteiger partial charge in [0.2, 0.25) is 20.0 Å². The average molecular weight is 431 g/mol. The van der Waals surface area contributed by atoms with Crippen LogP contribution >= 0.6 is 0 Å². The van der Waals surface area contributed by atoms with Gasteiger partial charge in [-0.1, -0.05) is 0 Å². The van der Waals surface area contributed by atoms with E-state index in [4.69, 9.17) is 20.9 Å². The summed E-state index contributed by atoms with van der Waals surface area (Å²) in [6.45, 7) is -0.335. The maximum atomic E-state index is 12.3. The largest absolute Gasteiger partial charge is 0.495 e. The second-order valence-electron chi connectivity index (χ2n) is 5.60. The Kier molecular flexibility index (Phi) is 6.72. The highest BCUT2D eigenvalue weighted by Crippen LogP contribution is 2.25. The molecule has 2 aromatic rings. The maximum Gasteiger partial charge on any atom is 0.240 e. The lowest BCUT2D eigenvalue weighted by atomic mass is 10.3. The molecule has 0 amide bonds. The molecule has 2 aromatic carbocycles. The Morgan fingerprint density at radius 3 is 1.39 bits per heavy atom. The van der Waals surface area contributed by atoms with Crippen LogP contribution in [0.15, 0.2) is 46.2 Å². The molecule has 0 aliphatic carbocycles. The molecule has 0 unspecified atom stereocenters. The van der Waals surface area contributed by atoms with E-state index < -0.39 is 20.0 Å². The minimum Gasteiger partial charge on any atom is -0.495 e. The summed E-state index contributed by atoms with van der Waals surface area (Å²) in [5.41, 5.74) is 11.8. The summed E-state index contributed by atoms with van der Waals surface area (Å²) in [7, 11) is -4.89. The van der Waals surface area contributed by atoms with E-state index in [0.717, 1.165) is 0 Å². The highest BCUT2D eigenvalue weighted by Gasteiger charge is 2.18. The number of methoxy groups -OCH3 is 2. The van der Waals surface area contributed by atoms with Crippen LogP contribution in [0.3, 0.4) is 0 Å². The number of nitrogens with two attached hydrogens (primary N) is 2. The zero-order valence-electron chi connectivity index (χ0n) is 15.3. The number of ether oxygens (including phenoxy) is 2. The summed E-state index contributed by atoms with van der Waals surface area (Å²) in [5, 5.41) is 0. The average Bonchev–Trinajstić information content (AvgIpc) is 2.65. The maximum absolute atomic E-state index is 12.3. The summed E-state index contributed by atoms with van der Waals surface area (Å²) >= 11 is 0. The van der Waals surface area contributed by atoms with Crippen LogP contribution in [0, 0.1) is 0 Å². The van der Waals surface area contributed by atoms with Crippen molar-refractivity contribution >= 4 is 31.4 Å². The van der Waals surface area contributed by atoms with Gasteiger partial charge in [0.05, 0.1) is 35.4 Å². The Hall–Kier alpha value is -2.54. The van der Waals surface area contributed by atoms with E-state index in [1.54, 1.807) is 0 Å². The first kappa shape index (κ1) is 21.8. The minimum atomic E-state index is -3.86. The molecular formula is C16H22N4O6S2. The Balaban J connectivity index is 1.99. The molecule has 0 radical (unpaired) electrons. The lowest BCUT2D eigenvalue weighted by Crippen LogP contribution is -2.34. The number of nitrogens with one attached hydrogen (secondary N) is 2. The molecule has 2 rings (SSSR count). The molecule has 12 heteroatoms. The van der Waals surface area contributed by atoms with Crippen LogP contribution in [0.4, 0.5) is 11.4 Å². The van der Waals surface area contributed by atoms with E-state index in [1.165, 1.54) is 50.6 Å². The molecule has 0 saturated carbocycles. The highest BCUT2D eigenvalue weighted by molar-refractivity contribution is 7.90. The van der Waals surface area contributed by atoms with Gasteiger partial charge < -0.3 is 20.9 Å². The molecule has 0 aliphatic rings. The minimum absolute atomic E-state index is 0.0587. The smallest absolute Gasteiger partial charge is 0.240 e. The molecule has 28 heavy (non-hydrogen) atoms. The Bertz CT molecular complexity index is 969. The van der Waals surface area contributed by atoms with Gasteiger partial charge in [0.15, 0.2) is 0 Å². The van der Waals surface area contributed by atoms with Crippen LogP contribution < -0.4 is 30.4 Å². The van der Waals surface area contributed by atoms with E-state index in [-0.39, 0.29) is 34.3 Å². The van der Waals surface area contributed by atoms with Crippen LogP contribution in [0.2, 0.25) is 0 Å². The van der Waals surface area contributed by atoms with E-state index in [0.29, 0.717) is 11.5 Å². The van der Waals surface area contributed by atoms with Gasteiger partial charge in [-0.15, -0.1) is 0 Å². The van der Waals surface area contributed by atoms with Crippen LogP contribution in [-0.4, -0.2) is 44.1 Å². The third kappa shape index (κ3) is 5.04. The van der Waals surface area contributed by atoms with Crippen LogP contribution in [-0.2, 0) is 20.0 Å². The predicted molar refractivity (Wildman–Crippen MR) is 105 cm³/mol. The lowest BCUT2D eigenvalue weighted by Gasteiger charge is -2.11. The number of nitrogen functional groups attached to an aromatic ring is 2. The summed E-state index contributed by atoms with van der Waals surface area (Å²) in [6, 6.07) is 8.04. The number of hydrogen-bond donors (Lipinski definition) is 4. The molecule has 0 spiro atoms. The molecule has 0 bridgehead atoms. The fourth-order valence-corrected chi connectivity index (χ4v) is 4.43. The number of benzene rings is 2. The first-order valence-electron chi connectivity index (χ1n) is 7.97. The van der Waals surface area contributed by atoms with Crippen molar-refractivity contribution < 1.29 is 26.3 Å². The van der Waals surface area contributed by atoms with Crippen molar-refractivity contribution in [2.75, 3.05) is 38.8 Å². The molecule has 0 saturated heterocycles. The first-order chi connectivity index (χ1) is 13.1. The second kappa shape index (κ2) is 8.65. The van der Waals surface area contributed by atoms with Gasteiger partial charge in [-0.25, -0.2) is 26.3 Å². The van der Waals surface area contributed by atoms with E-state index >= 15 is 0 Å². The van der Waals surface area contributed by atoms with E-state index in [2.05, 4.69) is 9.44 Å². The number of rotatable bonds is 9. The van der Waals surface area contributed by atoms with Crippen molar-refractivity contribution in [3.05, 3.63) is 36.4 Å². The van der Waals surface area contributed by atoms with E-state index in [1.807, 2.05) is 0 Å². The van der Waals surface area contributed by atoms with Crippen molar-refractivity contribution in [3.63, 3.8) is 0 Å². The molecular weight excluding hydrogens is 408 g/mol. The Morgan fingerprint density at radius 1 is 0.750 bits per heavy atom. The molecule has 154 valence electrons. The van der Waals surface area contributed by atoms with E-state index in [9.17, 15) is 16.8 Å². The van der Waals surface area contributed by atoms with Crippen molar-refractivity contribution in [1.82, 2.24) is 9.44 Å². The van der Waals surface area contributed by atoms with Crippen LogP contribution in [0.25, 0.3) is 0 Å². The standard InChI is InChI=1S/C16H22N4O6S2/c1-25-15-5-3-11(9-13(15)17)27(21,22)19-7-8-20-28(23,24)12-4-6-16(26-2)14(18)10-12/h3-6,9-10,19-20H,7-8,17-18H2,1-2H3. The predicted octanol–water partition coefficient (Wildman–Crippen LogP) is 0.125. The van der Waals surface area contributed by atoms with Gasteiger partial charge in [-0.2, -0.15) is 0 Å². The van der Waals surface area contributed by atoms with Gasteiger partial charge >= 0.3 is 0 Å². The summed E-state index contributed by atoms with van der Waals surface area (Å²) in [6.07, 6.45) is 0. The van der Waals surface area contributed by atoms with Gasteiger partial charge in [0, 0.05) is 13.1 Å². The van der Waals surface area contributed by atoms with Gasteiger partial charge in [0.25, 0.3) is 0 Å². The number of hydrogen-bond acceptors (Lipinski definition) is 8. The quantitative estimate of drug-likeness (QED) is 0.322. The molecule has 0 fully saturated rings. The highest BCUT2D eigenvalue weighted by atomic mass is 32.2. The fraction of sp³-hybridized carbons (Fsp3) is 0.250. The van der Waals surface area contributed by atoms with Crippen molar-refractivity contribution in [2.45, 2.75) is 9.79 Å². The molecule has 0 aliphatic heterocycles. The Morgan fingerprint density at radius 2 is 1.11 bits per heavy atom.